The van der Waals surface area contributed by atoms with Crippen LogP contribution in [-0.2, 0) is 16.0 Å². The lowest BCUT2D eigenvalue weighted by molar-refractivity contribution is -0.136. The number of carboxylic acid groups (broad SMARTS) is 1. The largest absolute Gasteiger partial charge is 0.481 e. The van der Waals surface area contributed by atoms with Crippen LogP contribution in [0.5, 0.6) is 0 Å². The number of carbonyl (C=O) groups is 2. The lowest BCUT2D eigenvalue weighted by Crippen LogP contribution is -2.20. The van der Waals surface area contributed by atoms with Gasteiger partial charge in [0.05, 0.1) is 35.7 Å². The number of nitrogens with one attached hydrogen (secondary N) is 1. The van der Waals surface area contributed by atoms with E-state index in [2.05, 4.69) is 9.72 Å². The van der Waals surface area contributed by atoms with E-state index >= 15 is 0 Å². The first-order chi connectivity index (χ1) is 12.4. The van der Waals surface area contributed by atoms with Gasteiger partial charge in [0.2, 0.25) is 0 Å². The fourth-order valence-electron chi connectivity index (χ4n) is 2.63. The number of carboxylic acids is 1. The van der Waals surface area contributed by atoms with Gasteiger partial charge < -0.3 is 14.8 Å². The van der Waals surface area contributed by atoms with Crippen molar-refractivity contribution in [2.75, 3.05) is 7.11 Å². The molecule has 1 aromatic heterocycles. The summed E-state index contributed by atoms with van der Waals surface area (Å²) in [6, 6.07) is 11.1. The number of ether oxygens (including phenoxy) is 1. The van der Waals surface area contributed by atoms with Crippen molar-refractivity contribution in [2.45, 2.75) is 6.42 Å². The van der Waals surface area contributed by atoms with Crippen LogP contribution in [-0.4, -0.2) is 33.7 Å². The van der Waals surface area contributed by atoms with Gasteiger partial charge in [-0.2, -0.15) is 0 Å². The summed E-state index contributed by atoms with van der Waals surface area (Å²) in [6.45, 7) is 0. The molecule has 0 aliphatic rings. The fraction of sp³-hybridized carbons (Fsp3) is 0.111. The highest BCUT2D eigenvalue weighted by atomic mass is 32.1. The smallest absolute Gasteiger partial charge is 0.337 e. The highest BCUT2D eigenvalue weighted by Gasteiger charge is 2.11. The molecule has 8 heteroatoms. The van der Waals surface area contributed by atoms with Crippen molar-refractivity contribution >= 4 is 35.1 Å². The zero-order chi connectivity index (χ0) is 18.8. The summed E-state index contributed by atoms with van der Waals surface area (Å²) >= 11 is 5.29. The van der Waals surface area contributed by atoms with Crippen LogP contribution in [0.15, 0.2) is 47.3 Å². The molecule has 0 bridgehead atoms. The maximum Gasteiger partial charge on any atom is 0.337 e. The molecule has 0 saturated heterocycles. The molecule has 2 N–H and O–H groups in total. The Hall–Kier alpha value is -3.26. The monoisotopic (exact) mass is 370 g/mol. The van der Waals surface area contributed by atoms with Gasteiger partial charge in [-0.05, 0) is 48.1 Å². The van der Waals surface area contributed by atoms with Gasteiger partial charge in [-0.25, -0.2) is 4.79 Å². The molecular weight excluding hydrogens is 356 g/mol. The third kappa shape index (κ3) is 3.27. The first-order valence-corrected chi connectivity index (χ1v) is 8.00. The third-order valence-corrected chi connectivity index (χ3v) is 4.15. The Morgan fingerprint density at radius 1 is 1.19 bits per heavy atom. The molecule has 0 atom stereocenters. The molecule has 0 radical (unpaired) electrons. The zero-order valence-corrected chi connectivity index (χ0v) is 14.5. The number of H-pyrrole nitrogens is 1. The lowest BCUT2D eigenvalue weighted by Gasteiger charge is -2.09. The zero-order valence-electron chi connectivity index (χ0n) is 13.7. The van der Waals surface area contributed by atoms with Gasteiger partial charge in [-0.15, -0.1) is 0 Å². The minimum absolute atomic E-state index is 0.101. The van der Waals surface area contributed by atoms with Crippen LogP contribution >= 0.6 is 12.2 Å². The van der Waals surface area contributed by atoms with Gasteiger partial charge in [-0.3, -0.25) is 14.2 Å². The molecular formula is C18H14N2O5S. The molecule has 0 spiro atoms. The second-order valence-corrected chi connectivity index (χ2v) is 5.95. The van der Waals surface area contributed by atoms with Crippen LogP contribution < -0.4 is 5.56 Å². The predicted molar refractivity (Wildman–Crippen MR) is 97.4 cm³/mol. The molecule has 3 aromatic rings. The van der Waals surface area contributed by atoms with Gasteiger partial charge in [0, 0.05) is 0 Å². The molecule has 0 aliphatic heterocycles. The molecule has 132 valence electrons. The van der Waals surface area contributed by atoms with E-state index in [0.717, 1.165) is 0 Å². The summed E-state index contributed by atoms with van der Waals surface area (Å²) in [5.41, 5.74) is 1.53. The second kappa shape index (κ2) is 6.93. The van der Waals surface area contributed by atoms with Crippen molar-refractivity contribution in [3.05, 3.63) is 68.7 Å². The highest BCUT2D eigenvalue weighted by Crippen LogP contribution is 2.15. The summed E-state index contributed by atoms with van der Waals surface area (Å²) in [5.74, 6) is -1.44. The van der Waals surface area contributed by atoms with Crippen LogP contribution in [0.25, 0.3) is 16.6 Å². The van der Waals surface area contributed by atoms with Crippen molar-refractivity contribution in [1.29, 1.82) is 0 Å². The predicted octanol–water partition coefficient (Wildman–Crippen LogP) is 2.46. The molecule has 0 aliphatic carbocycles. The molecule has 7 nitrogen and oxygen atoms in total. The van der Waals surface area contributed by atoms with Crippen LogP contribution in [0, 0.1) is 4.77 Å². The SMILES string of the molecule is COC(=O)c1ccc2c(=O)n(-c3ccc(CC(=O)O)cc3)c(=S)[nH]c2c1. The molecule has 1 heterocycles. The number of hydrogen-bond acceptors (Lipinski definition) is 5. The van der Waals surface area contributed by atoms with Gasteiger partial charge in [0.25, 0.3) is 5.56 Å². The summed E-state index contributed by atoms with van der Waals surface area (Å²) in [7, 11) is 1.28. The molecule has 26 heavy (non-hydrogen) atoms. The number of benzene rings is 2. The third-order valence-electron chi connectivity index (χ3n) is 3.87. The topological polar surface area (TPSA) is 101 Å². The molecule has 3 rings (SSSR count). The van der Waals surface area contributed by atoms with Gasteiger partial charge in [-0.1, -0.05) is 12.1 Å². The van der Waals surface area contributed by atoms with Crippen LogP contribution in [0.4, 0.5) is 0 Å². The lowest BCUT2D eigenvalue weighted by atomic mass is 10.1. The van der Waals surface area contributed by atoms with Crippen LogP contribution in [0.2, 0.25) is 0 Å². The summed E-state index contributed by atoms with van der Waals surface area (Å²) in [4.78, 5) is 38.2. The number of carbonyl (C=O) groups excluding carboxylic acids is 1. The van der Waals surface area contributed by atoms with Gasteiger partial charge >= 0.3 is 11.9 Å². The van der Waals surface area contributed by atoms with E-state index in [1.165, 1.54) is 29.9 Å². The van der Waals surface area contributed by atoms with E-state index in [0.29, 0.717) is 27.7 Å². The van der Waals surface area contributed by atoms with Crippen molar-refractivity contribution in [3.63, 3.8) is 0 Å². The van der Waals surface area contributed by atoms with E-state index in [-0.39, 0.29) is 16.8 Å². The molecule has 0 amide bonds. The Bertz CT molecular complexity index is 1130. The number of aromatic nitrogens is 2. The molecule has 2 aromatic carbocycles. The summed E-state index contributed by atoms with van der Waals surface area (Å²) < 4.78 is 6.16. The Kier molecular flexibility index (Phi) is 4.68. The fourth-order valence-corrected chi connectivity index (χ4v) is 2.93. The minimum Gasteiger partial charge on any atom is -0.481 e. The van der Waals surface area contributed by atoms with Crippen molar-refractivity contribution < 1.29 is 19.4 Å². The maximum atomic E-state index is 12.8. The van der Waals surface area contributed by atoms with Crippen molar-refractivity contribution in [2.24, 2.45) is 0 Å². The Morgan fingerprint density at radius 3 is 2.50 bits per heavy atom. The Labute approximate surface area is 152 Å². The van der Waals surface area contributed by atoms with E-state index in [1.54, 1.807) is 24.3 Å². The maximum absolute atomic E-state index is 12.8. The standard InChI is InChI=1S/C18H14N2O5S/c1-25-17(24)11-4-7-13-14(9-11)19-18(26)20(16(13)23)12-5-2-10(3-6-12)8-15(21)22/h2-7,9H,8H2,1H3,(H,19,26)(H,21,22). The van der Waals surface area contributed by atoms with E-state index < -0.39 is 11.9 Å². The Morgan fingerprint density at radius 2 is 1.88 bits per heavy atom. The van der Waals surface area contributed by atoms with Crippen molar-refractivity contribution in [1.82, 2.24) is 9.55 Å². The second-order valence-electron chi connectivity index (χ2n) is 5.56. The Balaban J connectivity index is 2.12. The van der Waals surface area contributed by atoms with Gasteiger partial charge in [0.1, 0.15) is 0 Å². The normalized spacial score (nSPS) is 10.7. The number of nitrogens with zero attached hydrogens (tertiary/aromatic N) is 1. The molecule has 0 saturated carbocycles. The number of aromatic amines is 1. The van der Waals surface area contributed by atoms with Crippen LogP contribution in [0.1, 0.15) is 15.9 Å². The average molecular weight is 370 g/mol. The van der Waals surface area contributed by atoms with Crippen molar-refractivity contribution in [3.8, 4) is 5.69 Å². The summed E-state index contributed by atoms with van der Waals surface area (Å²) in [5, 5.41) is 9.19. The highest BCUT2D eigenvalue weighted by molar-refractivity contribution is 7.71. The number of methoxy groups -OCH3 is 1. The van der Waals surface area contributed by atoms with Gasteiger partial charge in [0.15, 0.2) is 4.77 Å². The molecule has 0 fully saturated rings. The number of hydrogen-bond donors (Lipinski definition) is 2. The van der Waals surface area contributed by atoms with E-state index in [4.69, 9.17) is 17.3 Å². The first-order valence-electron chi connectivity index (χ1n) is 7.59. The number of esters is 1. The van der Waals surface area contributed by atoms with E-state index in [9.17, 15) is 14.4 Å². The van der Waals surface area contributed by atoms with E-state index in [1.807, 2.05) is 0 Å². The average Bonchev–Trinajstić information content (AvgIpc) is 2.61. The molecule has 0 unspecified atom stereocenters. The summed E-state index contributed by atoms with van der Waals surface area (Å²) in [6.07, 6.45) is -0.101. The quantitative estimate of drug-likeness (QED) is 0.540. The number of fused-ring (bicyclic) bond motifs is 1. The van der Waals surface area contributed by atoms with Crippen LogP contribution in [0.3, 0.4) is 0 Å². The first kappa shape index (κ1) is 17.6. The minimum atomic E-state index is -0.931. The number of rotatable bonds is 4. The number of aliphatic carboxylic acids is 1.